The molecule has 0 aromatic heterocycles. The third kappa shape index (κ3) is 3.73. The van der Waals surface area contributed by atoms with Crippen LogP contribution >= 0.6 is 0 Å². The van der Waals surface area contributed by atoms with Gasteiger partial charge in [-0.3, -0.25) is 0 Å². The number of hydrogen-bond acceptors (Lipinski definition) is 3. The van der Waals surface area contributed by atoms with Gasteiger partial charge < -0.3 is 15.5 Å². The van der Waals surface area contributed by atoms with E-state index in [2.05, 4.69) is 5.32 Å². The van der Waals surface area contributed by atoms with Crippen molar-refractivity contribution in [3.63, 3.8) is 0 Å². The molecule has 102 valence electrons. The first-order chi connectivity index (χ1) is 8.41. The van der Waals surface area contributed by atoms with Crippen molar-refractivity contribution >= 4 is 0 Å². The fraction of sp³-hybridized carbons (Fsp3) is 0.538. The molecule has 3 nitrogen and oxygen atoms in total. The fourth-order valence-electron chi connectivity index (χ4n) is 1.52. The van der Waals surface area contributed by atoms with Crippen molar-refractivity contribution in [3.8, 4) is 0 Å². The number of β-amino-alcohol motifs (C(OH)–C–C–N with tert-alkyl or cyclic N) is 1. The first-order valence-corrected chi connectivity index (χ1v) is 5.91. The molecule has 0 radical (unpaired) electrons. The van der Waals surface area contributed by atoms with Crippen LogP contribution in [0.25, 0.3) is 0 Å². The molecule has 0 heterocycles. The molecule has 0 fully saturated rings. The van der Waals surface area contributed by atoms with Crippen molar-refractivity contribution in [1.82, 2.24) is 5.32 Å². The molecular formula is C13H19F2NO2. The Morgan fingerprint density at radius 3 is 2.56 bits per heavy atom. The SMILES string of the molecule is CCC(C)(CO)NCC(O)c1ccc(F)cc1F. The van der Waals surface area contributed by atoms with Gasteiger partial charge in [-0.25, -0.2) is 8.78 Å². The monoisotopic (exact) mass is 259 g/mol. The summed E-state index contributed by atoms with van der Waals surface area (Å²) < 4.78 is 26.1. The predicted octanol–water partition coefficient (Wildman–Crippen LogP) is 1.75. The molecule has 0 aliphatic heterocycles. The molecule has 0 bridgehead atoms. The van der Waals surface area contributed by atoms with Crippen LogP contribution in [0.3, 0.4) is 0 Å². The summed E-state index contributed by atoms with van der Waals surface area (Å²) in [7, 11) is 0. The summed E-state index contributed by atoms with van der Waals surface area (Å²) in [4.78, 5) is 0. The summed E-state index contributed by atoms with van der Waals surface area (Å²) in [5.41, 5.74) is -0.474. The number of aliphatic hydroxyl groups is 2. The number of rotatable bonds is 6. The molecule has 3 N–H and O–H groups in total. The predicted molar refractivity (Wildman–Crippen MR) is 65.1 cm³/mol. The van der Waals surface area contributed by atoms with Gasteiger partial charge in [0.1, 0.15) is 11.6 Å². The zero-order chi connectivity index (χ0) is 13.8. The van der Waals surface area contributed by atoms with Gasteiger partial charge in [0.05, 0.1) is 12.7 Å². The van der Waals surface area contributed by atoms with Gasteiger partial charge >= 0.3 is 0 Å². The lowest BCUT2D eigenvalue weighted by Gasteiger charge is -2.28. The standard InChI is InChI=1S/C13H19F2NO2/c1-3-13(2,8-17)16-7-12(18)10-5-4-9(14)6-11(10)15/h4-6,12,16-18H,3,7-8H2,1-2H3. The van der Waals surface area contributed by atoms with Crippen LogP contribution in [0.1, 0.15) is 31.9 Å². The van der Waals surface area contributed by atoms with Crippen molar-refractivity contribution in [2.75, 3.05) is 13.2 Å². The summed E-state index contributed by atoms with van der Waals surface area (Å²) in [6.07, 6.45) is -0.412. The molecule has 0 saturated heterocycles. The van der Waals surface area contributed by atoms with Crippen molar-refractivity contribution in [1.29, 1.82) is 0 Å². The maximum Gasteiger partial charge on any atom is 0.131 e. The highest BCUT2D eigenvalue weighted by molar-refractivity contribution is 5.21. The van der Waals surface area contributed by atoms with Gasteiger partial charge in [-0.1, -0.05) is 13.0 Å². The lowest BCUT2D eigenvalue weighted by Crippen LogP contribution is -2.46. The molecule has 2 atom stereocenters. The van der Waals surface area contributed by atoms with E-state index in [9.17, 15) is 19.0 Å². The van der Waals surface area contributed by atoms with E-state index in [1.54, 1.807) is 6.92 Å². The van der Waals surface area contributed by atoms with Gasteiger partial charge in [0.2, 0.25) is 0 Å². The van der Waals surface area contributed by atoms with E-state index < -0.39 is 23.3 Å². The highest BCUT2D eigenvalue weighted by atomic mass is 19.1. The van der Waals surface area contributed by atoms with Crippen molar-refractivity contribution in [2.45, 2.75) is 31.9 Å². The average molecular weight is 259 g/mol. The minimum Gasteiger partial charge on any atom is -0.394 e. The van der Waals surface area contributed by atoms with Crippen molar-refractivity contribution < 1.29 is 19.0 Å². The zero-order valence-electron chi connectivity index (χ0n) is 10.6. The molecule has 0 amide bonds. The van der Waals surface area contributed by atoms with E-state index in [1.165, 1.54) is 6.07 Å². The van der Waals surface area contributed by atoms with E-state index in [4.69, 9.17) is 0 Å². The van der Waals surface area contributed by atoms with E-state index in [0.29, 0.717) is 6.42 Å². The van der Waals surface area contributed by atoms with Crippen LogP contribution in [0.5, 0.6) is 0 Å². The second kappa shape index (κ2) is 6.22. The van der Waals surface area contributed by atoms with Crippen molar-refractivity contribution in [2.24, 2.45) is 0 Å². The summed E-state index contributed by atoms with van der Waals surface area (Å²) in [6, 6.07) is 3.07. The van der Waals surface area contributed by atoms with Crippen LogP contribution in [0, 0.1) is 11.6 Å². The second-order valence-electron chi connectivity index (χ2n) is 4.63. The van der Waals surface area contributed by atoms with Crippen LogP contribution in [-0.4, -0.2) is 28.9 Å². The van der Waals surface area contributed by atoms with Crippen LogP contribution in [0.2, 0.25) is 0 Å². The third-order valence-electron chi connectivity index (χ3n) is 3.17. The molecule has 2 unspecified atom stereocenters. The molecule has 1 aromatic carbocycles. The van der Waals surface area contributed by atoms with E-state index in [0.717, 1.165) is 12.1 Å². The van der Waals surface area contributed by atoms with Gasteiger partial charge in [0.15, 0.2) is 0 Å². The summed E-state index contributed by atoms with van der Waals surface area (Å²) >= 11 is 0. The molecule has 0 aliphatic rings. The Balaban J connectivity index is 2.68. The molecular weight excluding hydrogens is 240 g/mol. The molecule has 0 aliphatic carbocycles. The number of hydrogen-bond donors (Lipinski definition) is 3. The number of halogens is 2. The van der Waals surface area contributed by atoms with Crippen LogP contribution in [0.15, 0.2) is 18.2 Å². The minimum absolute atomic E-state index is 0.0419. The summed E-state index contributed by atoms with van der Waals surface area (Å²) in [6.45, 7) is 3.71. The maximum absolute atomic E-state index is 13.4. The van der Waals surface area contributed by atoms with Gasteiger partial charge in [0, 0.05) is 23.7 Å². The first kappa shape index (κ1) is 15.0. The average Bonchev–Trinajstić information content (AvgIpc) is 2.35. The van der Waals surface area contributed by atoms with Crippen LogP contribution in [-0.2, 0) is 0 Å². The number of aliphatic hydroxyl groups excluding tert-OH is 2. The normalized spacial score (nSPS) is 16.3. The molecule has 1 aromatic rings. The van der Waals surface area contributed by atoms with Crippen LogP contribution in [0.4, 0.5) is 8.78 Å². The molecule has 1 rings (SSSR count). The van der Waals surface area contributed by atoms with Gasteiger partial charge in [-0.05, 0) is 19.4 Å². The molecule has 5 heteroatoms. The topological polar surface area (TPSA) is 52.5 Å². The number of benzene rings is 1. The summed E-state index contributed by atoms with van der Waals surface area (Å²) in [5.74, 6) is -1.45. The third-order valence-corrected chi connectivity index (χ3v) is 3.17. The Labute approximate surface area is 105 Å². The highest BCUT2D eigenvalue weighted by Gasteiger charge is 2.22. The smallest absolute Gasteiger partial charge is 0.131 e. The lowest BCUT2D eigenvalue weighted by molar-refractivity contribution is 0.124. The Kier molecular flexibility index (Phi) is 5.19. The second-order valence-corrected chi connectivity index (χ2v) is 4.63. The quantitative estimate of drug-likeness (QED) is 0.729. The van der Waals surface area contributed by atoms with Crippen LogP contribution < -0.4 is 5.32 Å². The number of nitrogens with one attached hydrogen (secondary N) is 1. The van der Waals surface area contributed by atoms with Gasteiger partial charge in [0.25, 0.3) is 0 Å². The molecule has 18 heavy (non-hydrogen) atoms. The van der Waals surface area contributed by atoms with E-state index in [-0.39, 0.29) is 18.7 Å². The fourth-order valence-corrected chi connectivity index (χ4v) is 1.52. The van der Waals surface area contributed by atoms with Gasteiger partial charge in [-0.2, -0.15) is 0 Å². The lowest BCUT2D eigenvalue weighted by atomic mass is 9.99. The minimum atomic E-state index is -1.08. The largest absolute Gasteiger partial charge is 0.394 e. The zero-order valence-corrected chi connectivity index (χ0v) is 10.6. The Morgan fingerprint density at radius 1 is 1.39 bits per heavy atom. The van der Waals surface area contributed by atoms with Crippen molar-refractivity contribution in [3.05, 3.63) is 35.4 Å². The first-order valence-electron chi connectivity index (χ1n) is 5.91. The Morgan fingerprint density at radius 2 is 2.06 bits per heavy atom. The Bertz CT molecular complexity index is 395. The molecule has 0 spiro atoms. The highest BCUT2D eigenvalue weighted by Crippen LogP contribution is 2.18. The van der Waals surface area contributed by atoms with E-state index >= 15 is 0 Å². The van der Waals surface area contributed by atoms with Gasteiger partial charge in [-0.15, -0.1) is 0 Å². The Hall–Kier alpha value is -1.04. The maximum atomic E-state index is 13.4. The van der Waals surface area contributed by atoms with E-state index in [1.807, 2.05) is 6.92 Å². The summed E-state index contributed by atoms with van der Waals surface area (Å²) in [5, 5.41) is 22.0. The molecule has 0 saturated carbocycles.